The summed E-state index contributed by atoms with van der Waals surface area (Å²) in [6.45, 7) is 5.66. The molecule has 0 aromatic heterocycles. The average Bonchev–Trinajstić information content (AvgIpc) is 2.48. The van der Waals surface area contributed by atoms with Gasteiger partial charge < -0.3 is 4.74 Å². The fourth-order valence-corrected chi connectivity index (χ4v) is 3.50. The molecular weight excluding hydrogens is 328 g/mol. The van der Waals surface area contributed by atoms with Gasteiger partial charge in [0.1, 0.15) is 0 Å². The van der Waals surface area contributed by atoms with Crippen molar-refractivity contribution >= 4 is 27.5 Å². The molecule has 0 saturated carbocycles. The number of anilines is 2. The van der Waals surface area contributed by atoms with Crippen molar-refractivity contribution in [2.45, 2.75) is 25.7 Å². The molecule has 0 aliphatic rings. The van der Waals surface area contributed by atoms with Crippen molar-refractivity contribution in [1.29, 1.82) is 0 Å². The first-order chi connectivity index (χ1) is 11.3. The molecule has 2 N–H and O–H groups in total. The first-order valence-electron chi connectivity index (χ1n) is 7.46. The number of rotatable bonds is 5. The number of aryl methyl sites for hydroxylation is 2. The molecule has 0 bridgehead atoms. The Labute approximate surface area is 141 Å². The zero-order valence-electron chi connectivity index (χ0n) is 13.8. The van der Waals surface area contributed by atoms with Crippen LogP contribution in [0.4, 0.5) is 16.2 Å². The second kappa shape index (κ2) is 7.35. The third-order valence-electron chi connectivity index (χ3n) is 3.28. The third kappa shape index (κ3) is 4.48. The Morgan fingerprint density at radius 3 is 2.25 bits per heavy atom. The lowest BCUT2D eigenvalue weighted by molar-refractivity contribution is 0.168. The summed E-state index contributed by atoms with van der Waals surface area (Å²) in [4.78, 5) is 11.6. The Kier molecular flexibility index (Phi) is 5.46. The summed E-state index contributed by atoms with van der Waals surface area (Å²) in [5.74, 6) is 0. The van der Waals surface area contributed by atoms with Crippen LogP contribution in [-0.4, -0.2) is 21.1 Å². The molecule has 2 aromatic rings. The summed E-state index contributed by atoms with van der Waals surface area (Å²) < 4.78 is 32.3. The van der Waals surface area contributed by atoms with Gasteiger partial charge in [-0.05, 0) is 56.7 Å². The van der Waals surface area contributed by atoms with Crippen molar-refractivity contribution in [3.63, 3.8) is 0 Å². The number of hydrogen-bond donors (Lipinski definition) is 2. The standard InChI is InChI=1S/C17H20N2O4S/c1-4-23-17(20)18-14-6-8-15(9-7-14)19-24(21,22)16-10-5-12(2)11-13(16)3/h5-11,19H,4H2,1-3H3,(H,18,20). The number of nitrogens with one attached hydrogen (secondary N) is 2. The summed E-state index contributed by atoms with van der Waals surface area (Å²) in [6.07, 6.45) is -0.555. The summed E-state index contributed by atoms with van der Waals surface area (Å²) in [7, 11) is -3.67. The van der Waals surface area contributed by atoms with Crippen LogP contribution in [0.2, 0.25) is 0 Å². The minimum atomic E-state index is -3.67. The van der Waals surface area contributed by atoms with Gasteiger partial charge >= 0.3 is 6.09 Å². The van der Waals surface area contributed by atoms with Gasteiger partial charge in [0.25, 0.3) is 10.0 Å². The number of ether oxygens (including phenoxy) is 1. The van der Waals surface area contributed by atoms with Crippen LogP contribution in [0.3, 0.4) is 0 Å². The monoisotopic (exact) mass is 348 g/mol. The molecule has 0 aliphatic carbocycles. The molecule has 7 heteroatoms. The van der Waals surface area contributed by atoms with Gasteiger partial charge in [0.05, 0.1) is 11.5 Å². The summed E-state index contributed by atoms with van der Waals surface area (Å²) in [5, 5.41) is 2.54. The molecule has 0 unspecified atom stereocenters. The Bertz CT molecular complexity index is 830. The highest BCUT2D eigenvalue weighted by atomic mass is 32.2. The number of sulfonamides is 1. The number of carbonyl (C=O) groups is 1. The highest BCUT2D eigenvalue weighted by molar-refractivity contribution is 7.92. The van der Waals surface area contributed by atoms with Gasteiger partial charge in [-0.1, -0.05) is 17.7 Å². The molecule has 6 nitrogen and oxygen atoms in total. The van der Waals surface area contributed by atoms with E-state index in [0.29, 0.717) is 16.9 Å². The maximum atomic E-state index is 12.5. The lowest BCUT2D eigenvalue weighted by Crippen LogP contribution is -2.15. The predicted molar refractivity (Wildman–Crippen MR) is 93.8 cm³/mol. The Hall–Kier alpha value is -2.54. The number of carbonyl (C=O) groups excluding carboxylic acids is 1. The van der Waals surface area contributed by atoms with Crippen LogP contribution in [0.5, 0.6) is 0 Å². The molecule has 24 heavy (non-hydrogen) atoms. The van der Waals surface area contributed by atoms with Crippen LogP contribution in [0.25, 0.3) is 0 Å². The summed E-state index contributed by atoms with van der Waals surface area (Å²) in [6, 6.07) is 11.5. The molecule has 0 fully saturated rings. The van der Waals surface area contributed by atoms with Crippen molar-refractivity contribution in [2.24, 2.45) is 0 Å². The number of amides is 1. The van der Waals surface area contributed by atoms with Gasteiger partial charge in [-0.2, -0.15) is 0 Å². The number of hydrogen-bond acceptors (Lipinski definition) is 4. The van der Waals surface area contributed by atoms with Gasteiger partial charge in [0.2, 0.25) is 0 Å². The van der Waals surface area contributed by atoms with Gasteiger partial charge in [-0.25, -0.2) is 13.2 Å². The second-order valence-corrected chi connectivity index (χ2v) is 6.95. The molecule has 0 spiro atoms. The smallest absolute Gasteiger partial charge is 0.411 e. The highest BCUT2D eigenvalue weighted by Crippen LogP contribution is 2.21. The normalized spacial score (nSPS) is 11.0. The maximum absolute atomic E-state index is 12.5. The first-order valence-corrected chi connectivity index (χ1v) is 8.94. The van der Waals surface area contributed by atoms with E-state index in [-0.39, 0.29) is 11.5 Å². The molecule has 0 saturated heterocycles. The van der Waals surface area contributed by atoms with E-state index in [1.165, 1.54) is 0 Å². The molecular formula is C17H20N2O4S. The van der Waals surface area contributed by atoms with Crippen LogP contribution < -0.4 is 10.0 Å². The molecule has 0 heterocycles. The Balaban J connectivity index is 2.14. The van der Waals surface area contributed by atoms with E-state index in [9.17, 15) is 13.2 Å². The zero-order chi connectivity index (χ0) is 17.7. The molecule has 2 rings (SSSR count). The molecule has 128 valence electrons. The third-order valence-corrected chi connectivity index (χ3v) is 4.82. The minimum Gasteiger partial charge on any atom is -0.450 e. The molecule has 0 aliphatic heterocycles. The van der Waals surface area contributed by atoms with E-state index < -0.39 is 16.1 Å². The molecule has 0 atom stereocenters. The van der Waals surface area contributed by atoms with Crippen LogP contribution in [-0.2, 0) is 14.8 Å². The topological polar surface area (TPSA) is 84.5 Å². The summed E-state index contributed by atoms with van der Waals surface area (Å²) >= 11 is 0. The van der Waals surface area contributed by atoms with E-state index >= 15 is 0 Å². The highest BCUT2D eigenvalue weighted by Gasteiger charge is 2.16. The fraction of sp³-hybridized carbons (Fsp3) is 0.235. The predicted octanol–water partition coefficient (Wildman–Crippen LogP) is 3.67. The quantitative estimate of drug-likeness (QED) is 0.863. The van der Waals surface area contributed by atoms with Crippen molar-refractivity contribution in [3.05, 3.63) is 53.6 Å². The fourth-order valence-electron chi connectivity index (χ4n) is 2.22. The van der Waals surface area contributed by atoms with Crippen LogP contribution in [0.15, 0.2) is 47.4 Å². The molecule has 0 radical (unpaired) electrons. The molecule has 1 amide bonds. The zero-order valence-corrected chi connectivity index (χ0v) is 14.6. The van der Waals surface area contributed by atoms with E-state index in [1.807, 2.05) is 13.0 Å². The second-order valence-electron chi connectivity index (χ2n) is 5.30. The van der Waals surface area contributed by atoms with E-state index in [1.54, 1.807) is 50.2 Å². The van der Waals surface area contributed by atoms with Gasteiger partial charge in [-0.3, -0.25) is 10.0 Å². The minimum absolute atomic E-state index is 0.238. The van der Waals surface area contributed by atoms with E-state index in [4.69, 9.17) is 4.74 Å². The SMILES string of the molecule is CCOC(=O)Nc1ccc(NS(=O)(=O)c2ccc(C)cc2C)cc1. The van der Waals surface area contributed by atoms with Crippen molar-refractivity contribution in [1.82, 2.24) is 0 Å². The van der Waals surface area contributed by atoms with Crippen molar-refractivity contribution in [2.75, 3.05) is 16.6 Å². The Morgan fingerprint density at radius 2 is 1.67 bits per heavy atom. The average molecular weight is 348 g/mol. The van der Waals surface area contributed by atoms with Gasteiger partial charge in [-0.15, -0.1) is 0 Å². The lowest BCUT2D eigenvalue weighted by Gasteiger charge is -2.11. The van der Waals surface area contributed by atoms with Gasteiger partial charge in [0, 0.05) is 11.4 Å². The van der Waals surface area contributed by atoms with Crippen molar-refractivity contribution < 1.29 is 17.9 Å². The first kappa shape index (κ1) is 17.8. The number of benzene rings is 2. The van der Waals surface area contributed by atoms with Gasteiger partial charge in [0.15, 0.2) is 0 Å². The van der Waals surface area contributed by atoms with Crippen LogP contribution >= 0.6 is 0 Å². The summed E-state index contributed by atoms with van der Waals surface area (Å²) in [5.41, 5.74) is 2.61. The van der Waals surface area contributed by atoms with Crippen molar-refractivity contribution in [3.8, 4) is 0 Å². The Morgan fingerprint density at radius 1 is 1.04 bits per heavy atom. The molecule has 2 aromatic carbocycles. The maximum Gasteiger partial charge on any atom is 0.411 e. The van der Waals surface area contributed by atoms with E-state index in [2.05, 4.69) is 10.0 Å². The van der Waals surface area contributed by atoms with Crippen LogP contribution in [0, 0.1) is 13.8 Å². The van der Waals surface area contributed by atoms with Crippen LogP contribution in [0.1, 0.15) is 18.1 Å². The largest absolute Gasteiger partial charge is 0.450 e. The van der Waals surface area contributed by atoms with E-state index in [0.717, 1.165) is 5.56 Å². The lowest BCUT2D eigenvalue weighted by atomic mass is 10.2.